The molecule has 2 aromatic rings. The highest BCUT2D eigenvalue weighted by molar-refractivity contribution is 9.10. The summed E-state index contributed by atoms with van der Waals surface area (Å²) >= 11 is 3.33. The minimum atomic E-state index is -0.231. The molecule has 0 radical (unpaired) electrons. The molecule has 0 saturated heterocycles. The van der Waals surface area contributed by atoms with E-state index in [1.807, 2.05) is 24.3 Å². The number of aromatic nitrogens is 2. The van der Waals surface area contributed by atoms with Crippen LogP contribution < -0.4 is 5.32 Å². The van der Waals surface area contributed by atoms with E-state index in [1.54, 1.807) is 12.4 Å². The number of nitrogens with one attached hydrogen (secondary N) is 1. The van der Waals surface area contributed by atoms with E-state index in [1.165, 1.54) is 10.9 Å². The number of nitrogens with zero attached hydrogens (tertiary/aromatic N) is 2. The molecule has 1 heterocycles. The molecule has 1 amide bonds. The quantitative estimate of drug-likeness (QED) is 0.862. The average Bonchev–Trinajstić information content (AvgIpc) is 2.70. The number of carbonyl (C=O) groups excluding carboxylic acids is 1. The summed E-state index contributed by atoms with van der Waals surface area (Å²) in [6, 6.07) is 7.17. The van der Waals surface area contributed by atoms with Gasteiger partial charge >= 0.3 is 6.03 Å². The third-order valence-electron chi connectivity index (χ3n) is 1.81. The molecule has 15 heavy (non-hydrogen) atoms. The van der Waals surface area contributed by atoms with Crippen LogP contribution in [0.25, 0.3) is 0 Å². The summed E-state index contributed by atoms with van der Waals surface area (Å²) in [5.74, 6) is 0. The van der Waals surface area contributed by atoms with Crippen LogP contribution in [0.2, 0.25) is 0 Å². The van der Waals surface area contributed by atoms with Crippen LogP contribution >= 0.6 is 15.9 Å². The van der Waals surface area contributed by atoms with Crippen LogP contribution in [0.15, 0.2) is 47.5 Å². The molecule has 0 aliphatic rings. The molecule has 0 fully saturated rings. The molecule has 0 bridgehead atoms. The summed E-state index contributed by atoms with van der Waals surface area (Å²) < 4.78 is 2.30. The first-order chi connectivity index (χ1) is 7.25. The predicted molar refractivity (Wildman–Crippen MR) is 60.8 cm³/mol. The Bertz CT molecular complexity index is 467. The maximum absolute atomic E-state index is 11.6. The molecule has 2 rings (SSSR count). The Morgan fingerprint density at radius 3 is 3.00 bits per heavy atom. The molecule has 76 valence electrons. The van der Waals surface area contributed by atoms with Gasteiger partial charge in [-0.3, -0.25) is 4.57 Å². The Morgan fingerprint density at radius 1 is 1.47 bits per heavy atom. The highest BCUT2D eigenvalue weighted by atomic mass is 79.9. The summed E-state index contributed by atoms with van der Waals surface area (Å²) in [6.45, 7) is 0. The third-order valence-corrected chi connectivity index (χ3v) is 2.31. The molecule has 0 aliphatic heterocycles. The van der Waals surface area contributed by atoms with E-state index in [2.05, 4.69) is 26.2 Å². The topological polar surface area (TPSA) is 46.9 Å². The number of amides is 1. The van der Waals surface area contributed by atoms with Gasteiger partial charge in [-0.05, 0) is 18.2 Å². The monoisotopic (exact) mass is 265 g/mol. The normalized spacial score (nSPS) is 9.93. The molecule has 4 nitrogen and oxygen atoms in total. The third kappa shape index (κ3) is 2.44. The Morgan fingerprint density at radius 2 is 2.33 bits per heavy atom. The van der Waals surface area contributed by atoms with E-state index in [0.717, 1.165) is 10.2 Å². The van der Waals surface area contributed by atoms with Crippen LogP contribution in [0.4, 0.5) is 10.5 Å². The van der Waals surface area contributed by atoms with Crippen molar-refractivity contribution in [3.63, 3.8) is 0 Å². The summed E-state index contributed by atoms with van der Waals surface area (Å²) in [4.78, 5) is 15.4. The van der Waals surface area contributed by atoms with Gasteiger partial charge in [0.05, 0.1) is 0 Å². The first kappa shape index (κ1) is 9.92. The van der Waals surface area contributed by atoms with E-state index in [4.69, 9.17) is 0 Å². The number of hydrogen-bond acceptors (Lipinski definition) is 2. The number of imidazole rings is 1. The molecule has 1 aromatic carbocycles. The standard InChI is InChI=1S/C10H8BrN3O/c11-8-2-1-3-9(6-8)13-10(15)14-5-4-12-7-14/h1-7H,(H,13,15). The Hall–Kier alpha value is -1.62. The molecule has 0 unspecified atom stereocenters. The summed E-state index contributed by atoms with van der Waals surface area (Å²) in [7, 11) is 0. The fourth-order valence-corrected chi connectivity index (χ4v) is 1.53. The molecule has 0 aliphatic carbocycles. The second-order valence-corrected chi connectivity index (χ2v) is 3.83. The van der Waals surface area contributed by atoms with E-state index in [0.29, 0.717) is 0 Å². The largest absolute Gasteiger partial charge is 0.331 e. The molecule has 1 N–H and O–H groups in total. The summed E-state index contributed by atoms with van der Waals surface area (Å²) in [6.07, 6.45) is 4.60. The fraction of sp³-hybridized carbons (Fsp3) is 0. The van der Waals surface area contributed by atoms with Gasteiger partial charge in [-0.15, -0.1) is 0 Å². The van der Waals surface area contributed by atoms with E-state index >= 15 is 0 Å². The smallest absolute Gasteiger partial charge is 0.307 e. The van der Waals surface area contributed by atoms with Crippen molar-refractivity contribution >= 4 is 27.6 Å². The lowest BCUT2D eigenvalue weighted by Crippen LogP contribution is -2.17. The first-order valence-corrected chi connectivity index (χ1v) is 5.10. The predicted octanol–water partition coefficient (Wildman–Crippen LogP) is 2.73. The van der Waals surface area contributed by atoms with Crippen LogP contribution in [0, 0.1) is 0 Å². The maximum atomic E-state index is 11.6. The number of hydrogen-bond donors (Lipinski definition) is 1. The molecular weight excluding hydrogens is 258 g/mol. The van der Waals surface area contributed by atoms with Crippen LogP contribution in [0.3, 0.4) is 0 Å². The molecule has 5 heteroatoms. The van der Waals surface area contributed by atoms with Crippen LogP contribution in [-0.2, 0) is 0 Å². The van der Waals surface area contributed by atoms with Crippen molar-refractivity contribution in [2.24, 2.45) is 0 Å². The van der Waals surface area contributed by atoms with Gasteiger partial charge in [0.25, 0.3) is 0 Å². The zero-order valence-electron chi connectivity index (χ0n) is 7.72. The van der Waals surface area contributed by atoms with Gasteiger partial charge in [0.1, 0.15) is 6.33 Å². The van der Waals surface area contributed by atoms with Gasteiger partial charge in [0.15, 0.2) is 0 Å². The molecule has 1 aromatic heterocycles. The fourth-order valence-electron chi connectivity index (χ4n) is 1.13. The van der Waals surface area contributed by atoms with Gasteiger partial charge < -0.3 is 5.32 Å². The SMILES string of the molecule is O=C(Nc1cccc(Br)c1)n1ccnc1. The average molecular weight is 266 g/mol. The Kier molecular flexibility index (Phi) is 2.82. The van der Waals surface area contributed by atoms with E-state index in [9.17, 15) is 4.79 Å². The molecule has 0 atom stereocenters. The van der Waals surface area contributed by atoms with Crippen molar-refractivity contribution in [1.82, 2.24) is 9.55 Å². The molecule has 0 saturated carbocycles. The number of carbonyl (C=O) groups is 1. The van der Waals surface area contributed by atoms with Gasteiger partial charge in [-0.25, -0.2) is 9.78 Å². The van der Waals surface area contributed by atoms with Crippen molar-refractivity contribution in [3.8, 4) is 0 Å². The zero-order valence-corrected chi connectivity index (χ0v) is 9.31. The highest BCUT2D eigenvalue weighted by Gasteiger charge is 2.03. The van der Waals surface area contributed by atoms with Gasteiger partial charge in [0.2, 0.25) is 0 Å². The van der Waals surface area contributed by atoms with Crippen LogP contribution in [0.5, 0.6) is 0 Å². The van der Waals surface area contributed by atoms with Gasteiger partial charge in [-0.2, -0.15) is 0 Å². The molecule has 0 spiro atoms. The second-order valence-electron chi connectivity index (χ2n) is 2.91. The number of rotatable bonds is 1. The lowest BCUT2D eigenvalue weighted by atomic mass is 10.3. The van der Waals surface area contributed by atoms with Crippen LogP contribution in [-0.4, -0.2) is 15.6 Å². The van der Waals surface area contributed by atoms with Crippen LogP contribution in [0.1, 0.15) is 0 Å². The minimum Gasteiger partial charge on any atom is -0.307 e. The van der Waals surface area contributed by atoms with Crippen molar-refractivity contribution in [3.05, 3.63) is 47.5 Å². The van der Waals surface area contributed by atoms with Crippen molar-refractivity contribution < 1.29 is 4.79 Å². The van der Waals surface area contributed by atoms with Gasteiger partial charge in [-0.1, -0.05) is 22.0 Å². The maximum Gasteiger partial charge on any atom is 0.331 e. The lowest BCUT2D eigenvalue weighted by Gasteiger charge is -2.04. The summed E-state index contributed by atoms with van der Waals surface area (Å²) in [5.41, 5.74) is 0.739. The second kappa shape index (κ2) is 4.27. The summed E-state index contributed by atoms with van der Waals surface area (Å²) in [5, 5.41) is 2.74. The Labute approximate surface area is 95.1 Å². The van der Waals surface area contributed by atoms with Crippen molar-refractivity contribution in [2.75, 3.05) is 5.32 Å². The number of halogens is 1. The van der Waals surface area contributed by atoms with Crippen molar-refractivity contribution in [2.45, 2.75) is 0 Å². The van der Waals surface area contributed by atoms with Crippen molar-refractivity contribution in [1.29, 1.82) is 0 Å². The number of benzene rings is 1. The molecular formula is C10H8BrN3O. The lowest BCUT2D eigenvalue weighted by molar-refractivity contribution is 0.253. The first-order valence-electron chi connectivity index (χ1n) is 4.30. The minimum absolute atomic E-state index is 0.231. The van der Waals surface area contributed by atoms with Gasteiger partial charge in [0, 0.05) is 22.6 Å². The number of anilines is 1. The van der Waals surface area contributed by atoms with E-state index < -0.39 is 0 Å². The zero-order chi connectivity index (χ0) is 10.7. The van der Waals surface area contributed by atoms with E-state index in [-0.39, 0.29) is 6.03 Å². The highest BCUT2D eigenvalue weighted by Crippen LogP contribution is 2.15. The Balaban J connectivity index is 2.13.